The van der Waals surface area contributed by atoms with Crippen molar-refractivity contribution in [3.05, 3.63) is 84.8 Å². The van der Waals surface area contributed by atoms with Crippen LogP contribution in [-0.2, 0) is 11.2 Å². The molecule has 1 fully saturated rings. The number of fused-ring (bicyclic) bond motifs is 1. The second-order valence-electron chi connectivity index (χ2n) is 7.47. The first-order chi connectivity index (χ1) is 14.3. The highest BCUT2D eigenvalue weighted by Crippen LogP contribution is 2.31. The van der Waals surface area contributed by atoms with Gasteiger partial charge in [0.25, 0.3) is 0 Å². The number of hydrogen-bond donors (Lipinski definition) is 0. The Morgan fingerprint density at radius 2 is 1.83 bits per heavy atom. The molecule has 1 aliphatic heterocycles. The minimum atomic E-state index is 0.0997. The Balaban J connectivity index is 1.39. The molecule has 5 heteroatoms. The molecule has 144 valence electrons. The van der Waals surface area contributed by atoms with E-state index in [2.05, 4.69) is 38.8 Å². The first-order valence-corrected chi connectivity index (χ1v) is 9.98. The molecule has 5 nitrogen and oxygen atoms in total. The number of rotatable bonds is 5. The standard InChI is InChI=1S/C24H22N4O/c29-23-16-19(17-27(23)14-11-18-6-2-1-3-7-18)28-15-13-26-24(28)21-8-4-10-22-20(21)9-5-12-25-22/h1-10,12-13,15,19H,11,14,16-17H2. The predicted molar refractivity (Wildman–Crippen MR) is 113 cm³/mol. The van der Waals surface area contributed by atoms with Crippen LogP contribution >= 0.6 is 0 Å². The summed E-state index contributed by atoms with van der Waals surface area (Å²) < 4.78 is 2.15. The molecule has 29 heavy (non-hydrogen) atoms. The average Bonchev–Trinajstić information content (AvgIpc) is 3.39. The first-order valence-electron chi connectivity index (χ1n) is 9.98. The van der Waals surface area contributed by atoms with Crippen LogP contribution in [0.2, 0.25) is 0 Å². The number of carbonyl (C=O) groups is 1. The van der Waals surface area contributed by atoms with Crippen LogP contribution in [-0.4, -0.2) is 38.4 Å². The van der Waals surface area contributed by atoms with Crippen molar-refractivity contribution in [2.45, 2.75) is 18.9 Å². The zero-order valence-corrected chi connectivity index (χ0v) is 16.1. The van der Waals surface area contributed by atoms with Crippen LogP contribution in [0.3, 0.4) is 0 Å². The minimum absolute atomic E-state index is 0.0997. The van der Waals surface area contributed by atoms with Crippen molar-refractivity contribution in [2.75, 3.05) is 13.1 Å². The fourth-order valence-electron chi connectivity index (χ4n) is 4.18. The van der Waals surface area contributed by atoms with Gasteiger partial charge in [0, 0.05) is 49.1 Å². The van der Waals surface area contributed by atoms with Gasteiger partial charge < -0.3 is 9.47 Å². The Morgan fingerprint density at radius 1 is 0.931 bits per heavy atom. The van der Waals surface area contributed by atoms with Gasteiger partial charge in [0.05, 0.1) is 11.6 Å². The van der Waals surface area contributed by atoms with E-state index in [-0.39, 0.29) is 11.9 Å². The van der Waals surface area contributed by atoms with E-state index in [4.69, 9.17) is 0 Å². The Morgan fingerprint density at radius 3 is 2.72 bits per heavy atom. The number of hydrogen-bond acceptors (Lipinski definition) is 3. The number of imidazole rings is 1. The summed E-state index contributed by atoms with van der Waals surface area (Å²) in [6.45, 7) is 1.47. The van der Waals surface area contributed by atoms with Gasteiger partial charge in [-0.1, -0.05) is 48.5 Å². The molecular formula is C24H22N4O. The fourth-order valence-corrected chi connectivity index (χ4v) is 4.18. The maximum atomic E-state index is 12.6. The molecule has 0 saturated carbocycles. The summed E-state index contributed by atoms with van der Waals surface area (Å²) in [5.74, 6) is 1.11. The van der Waals surface area contributed by atoms with Gasteiger partial charge in [0.1, 0.15) is 5.82 Å². The van der Waals surface area contributed by atoms with Gasteiger partial charge >= 0.3 is 0 Å². The van der Waals surface area contributed by atoms with Gasteiger partial charge in [-0.15, -0.1) is 0 Å². The van der Waals surface area contributed by atoms with Crippen LogP contribution < -0.4 is 0 Å². The quantitative estimate of drug-likeness (QED) is 0.522. The van der Waals surface area contributed by atoms with Crippen LogP contribution in [0.4, 0.5) is 0 Å². The highest BCUT2D eigenvalue weighted by Gasteiger charge is 2.31. The lowest BCUT2D eigenvalue weighted by Gasteiger charge is -2.18. The number of nitrogens with zero attached hydrogens (tertiary/aromatic N) is 4. The fraction of sp³-hybridized carbons (Fsp3) is 0.208. The van der Waals surface area contributed by atoms with Crippen LogP contribution in [0.15, 0.2) is 79.3 Å². The zero-order valence-electron chi connectivity index (χ0n) is 16.1. The normalized spacial score (nSPS) is 16.6. The second kappa shape index (κ2) is 7.51. The van der Waals surface area contributed by atoms with Gasteiger partial charge in [-0.05, 0) is 24.1 Å². The van der Waals surface area contributed by atoms with Crippen LogP contribution in [0.1, 0.15) is 18.0 Å². The molecule has 1 unspecified atom stereocenters. The van der Waals surface area contributed by atoms with Crippen molar-refractivity contribution in [3.63, 3.8) is 0 Å². The van der Waals surface area contributed by atoms with E-state index in [1.807, 2.05) is 53.7 Å². The molecule has 2 aromatic heterocycles. The largest absolute Gasteiger partial charge is 0.340 e. The molecular weight excluding hydrogens is 360 g/mol. The van der Waals surface area contributed by atoms with Crippen molar-refractivity contribution in [1.29, 1.82) is 0 Å². The number of aromatic nitrogens is 3. The van der Waals surface area contributed by atoms with Crippen molar-refractivity contribution < 1.29 is 4.79 Å². The summed E-state index contributed by atoms with van der Waals surface area (Å²) >= 11 is 0. The molecule has 1 amide bonds. The SMILES string of the molecule is O=C1CC(n2ccnc2-c2cccc3ncccc23)CN1CCc1ccccc1. The van der Waals surface area contributed by atoms with E-state index >= 15 is 0 Å². The molecule has 0 aliphatic carbocycles. The van der Waals surface area contributed by atoms with E-state index in [1.165, 1.54) is 5.56 Å². The number of pyridine rings is 1. The maximum absolute atomic E-state index is 12.6. The van der Waals surface area contributed by atoms with E-state index < -0.39 is 0 Å². The molecule has 2 aromatic carbocycles. The third-order valence-corrected chi connectivity index (χ3v) is 5.66. The lowest BCUT2D eigenvalue weighted by atomic mass is 10.1. The second-order valence-corrected chi connectivity index (χ2v) is 7.47. The predicted octanol–water partition coefficient (Wildman–Crippen LogP) is 4.11. The lowest BCUT2D eigenvalue weighted by Crippen LogP contribution is -2.27. The summed E-state index contributed by atoms with van der Waals surface area (Å²) in [5.41, 5.74) is 3.26. The molecule has 0 bridgehead atoms. The van der Waals surface area contributed by atoms with E-state index in [0.717, 1.165) is 41.8 Å². The van der Waals surface area contributed by atoms with Crippen molar-refractivity contribution in [1.82, 2.24) is 19.4 Å². The Labute approximate surface area is 169 Å². The van der Waals surface area contributed by atoms with Crippen LogP contribution in [0.25, 0.3) is 22.3 Å². The summed E-state index contributed by atoms with van der Waals surface area (Å²) in [6, 6.07) is 20.5. The lowest BCUT2D eigenvalue weighted by molar-refractivity contribution is -0.127. The van der Waals surface area contributed by atoms with Gasteiger partial charge in [-0.2, -0.15) is 0 Å². The van der Waals surface area contributed by atoms with E-state index in [0.29, 0.717) is 6.42 Å². The molecule has 4 aromatic rings. The highest BCUT2D eigenvalue weighted by atomic mass is 16.2. The summed E-state index contributed by atoms with van der Waals surface area (Å²) in [4.78, 5) is 23.7. The molecule has 0 N–H and O–H groups in total. The minimum Gasteiger partial charge on any atom is -0.340 e. The van der Waals surface area contributed by atoms with Crippen molar-refractivity contribution in [3.8, 4) is 11.4 Å². The third kappa shape index (κ3) is 3.40. The molecule has 1 aliphatic rings. The topological polar surface area (TPSA) is 51.0 Å². The van der Waals surface area contributed by atoms with Gasteiger partial charge in [0.2, 0.25) is 5.91 Å². The van der Waals surface area contributed by atoms with Crippen LogP contribution in [0, 0.1) is 0 Å². The maximum Gasteiger partial charge on any atom is 0.224 e. The van der Waals surface area contributed by atoms with Crippen LogP contribution in [0.5, 0.6) is 0 Å². The zero-order chi connectivity index (χ0) is 19.6. The van der Waals surface area contributed by atoms with E-state index in [1.54, 1.807) is 6.20 Å². The molecule has 0 radical (unpaired) electrons. The van der Waals surface area contributed by atoms with E-state index in [9.17, 15) is 4.79 Å². The smallest absolute Gasteiger partial charge is 0.224 e. The van der Waals surface area contributed by atoms with Gasteiger partial charge in [-0.25, -0.2) is 4.98 Å². The third-order valence-electron chi connectivity index (χ3n) is 5.66. The summed E-state index contributed by atoms with van der Waals surface area (Å²) in [6.07, 6.45) is 7.01. The molecule has 1 atom stereocenters. The van der Waals surface area contributed by atoms with Gasteiger partial charge in [0.15, 0.2) is 0 Å². The monoisotopic (exact) mass is 382 g/mol. The molecule has 0 spiro atoms. The average molecular weight is 382 g/mol. The Kier molecular flexibility index (Phi) is 4.56. The Bertz CT molecular complexity index is 1150. The Hall–Kier alpha value is -3.47. The number of likely N-dealkylation sites (tertiary alicyclic amines) is 1. The van der Waals surface area contributed by atoms with Gasteiger partial charge in [-0.3, -0.25) is 9.78 Å². The summed E-state index contributed by atoms with van der Waals surface area (Å²) in [5, 5.41) is 1.08. The number of amides is 1. The summed E-state index contributed by atoms with van der Waals surface area (Å²) in [7, 11) is 0. The van der Waals surface area contributed by atoms with Crippen molar-refractivity contribution in [2.24, 2.45) is 0 Å². The number of benzene rings is 2. The number of carbonyl (C=O) groups excluding carboxylic acids is 1. The molecule has 5 rings (SSSR count). The highest BCUT2D eigenvalue weighted by molar-refractivity contribution is 5.92. The molecule has 1 saturated heterocycles. The van der Waals surface area contributed by atoms with Crippen molar-refractivity contribution >= 4 is 16.8 Å². The molecule has 3 heterocycles. The first kappa shape index (κ1) is 17.6.